The average Bonchev–Trinajstić information content (AvgIpc) is 2.24. The van der Waals surface area contributed by atoms with E-state index in [1.807, 2.05) is 0 Å². The molecule has 2 aliphatic carbocycles. The van der Waals surface area contributed by atoms with Crippen molar-refractivity contribution in [2.45, 2.75) is 77.0 Å². The Morgan fingerprint density at radius 3 is 0.385 bits per heavy atom. The molecule has 76 valence electrons. The summed E-state index contributed by atoms with van der Waals surface area (Å²) in [7, 11) is 0. The Labute approximate surface area is 98.8 Å². The summed E-state index contributed by atoms with van der Waals surface area (Å²) in [6.45, 7) is 0. The number of rotatable bonds is 0. The standard InChI is InChI=1S/2C6H12.Ti/c2*1-2-4-6-5-3-1;/h2*1-6H2;. The summed E-state index contributed by atoms with van der Waals surface area (Å²) in [5.74, 6) is 0. The van der Waals surface area contributed by atoms with Gasteiger partial charge in [-0.15, -0.1) is 0 Å². The van der Waals surface area contributed by atoms with Crippen molar-refractivity contribution in [1.29, 1.82) is 0 Å². The number of hydrogen-bond acceptors (Lipinski definition) is 0. The van der Waals surface area contributed by atoms with E-state index in [0.717, 1.165) is 0 Å². The Morgan fingerprint density at radius 1 is 0.231 bits per heavy atom. The fourth-order valence-corrected chi connectivity index (χ4v) is 2.12. The van der Waals surface area contributed by atoms with Crippen LogP contribution in [0.5, 0.6) is 0 Å². The van der Waals surface area contributed by atoms with Crippen LogP contribution < -0.4 is 0 Å². The molecule has 0 aliphatic heterocycles. The van der Waals surface area contributed by atoms with E-state index >= 15 is 0 Å². The van der Waals surface area contributed by atoms with Crippen molar-refractivity contribution >= 4 is 0 Å². The minimum atomic E-state index is 0. The van der Waals surface area contributed by atoms with Crippen LogP contribution in [0.15, 0.2) is 0 Å². The van der Waals surface area contributed by atoms with Crippen molar-refractivity contribution in [3.05, 3.63) is 0 Å². The van der Waals surface area contributed by atoms with Crippen molar-refractivity contribution in [3.8, 4) is 0 Å². The molecule has 2 rings (SSSR count). The molecule has 0 amide bonds. The molecule has 13 heavy (non-hydrogen) atoms. The fraction of sp³-hybridized carbons (Fsp3) is 1.00. The predicted octanol–water partition coefficient (Wildman–Crippen LogP) is 4.68. The molecule has 0 radical (unpaired) electrons. The Kier molecular flexibility index (Phi) is 11.4. The monoisotopic (exact) mass is 216 g/mol. The third-order valence-corrected chi connectivity index (χ3v) is 3.00. The maximum Gasteiger partial charge on any atom is 0 e. The van der Waals surface area contributed by atoms with Gasteiger partial charge in [0.1, 0.15) is 0 Å². The van der Waals surface area contributed by atoms with Gasteiger partial charge in [0.25, 0.3) is 0 Å². The molecular formula is C12H24Ti. The first-order valence-corrected chi connectivity index (χ1v) is 6.00. The Hall–Kier alpha value is 0.714. The van der Waals surface area contributed by atoms with Gasteiger partial charge in [0.2, 0.25) is 0 Å². The molecule has 2 fully saturated rings. The van der Waals surface area contributed by atoms with Crippen molar-refractivity contribution in [2.24, 2.45) is 0 Å². The van der Waals surface area contributed by atoms with Gasteiger partial charge >= 0.3 is 0 Å². The SMILES string of the molecule is C1CCCCC1.C1CCCCC1.[Ti]. The average molecular weight is 216 g/mol. The molecule has 0 aromatic carbocycles. The van der Waals surface area contributed by atoms with Crippen molar-refractivity contribution in [2.75, 3.05) is 0 Å². The van der Waals surface area contributed by atoms with Gasteiger partial charge in [0, 0.05) is 21.7 Å². The molecule has 0 heterocycles. The molecule has 0 saturated heterocycles. The Balaban J connectivity index is 0.000000206. The smallest absolute Gasteiger partial charge is 0 e. The van der Waals surface area contributed by atoms with Gasteiger partial charge < -0.3 is 0 Å². The van der Waals surface area contributed by atoms with Gasteiger partial charge in [-0.3, -0.25) is 0 Å². The quantitative estimate of drug-likeness (QED) is 0.516. The number of hydrogen-bond donors (Lipinski definition) is 0. The zero-order valence-electron chi connectivity index (χ0n) is 8.99. The first-order chi connectivity index (χ1) is 6.00. The van der Waals surface area contributed by atoms with Crippen molar-refractivity contribution in [3.63, 3.8) is 0 Å². The van der Waals surface area contributed by atoms with E-state index in [4.69, 9.17) is 0 Å². The van der Waals surface area contributed by atoms with Crippen LogP contribution in [-0.4, -0.2) is 0 Å². The molecule has 0 spiro atoms. The second-order valence-electron chi connectivity index (χ2n) is 4.24. The third kappa shape index (κ3) is 9.03. The first-order valence-electron chi connectivity index (χ1n) is 6.00. The van der Waals surface area contributed by atoms with Crippen LogP contribution in [0.2, 0.25) is 0 Å². The summed E-state index contributed by atoms with van der Waals surface area (Å²) in [5, 5.41) is 0. The second-order valence-corrected chi connectivity index (χ2v) is 4.24. The van der Waals surface area contributed by atoms with E-state index in [1.165, 1.54) is 77.0 Å². The van der Waals surface area contributed by atoms with E-state index < -0.39 is 0 Å². The maximum absolute atomic E-state index is 1.50. The van der Waals surface area contributed by atoms with Gasteiger partial charge in [-0.2, -0.15) is 0 Å². The molecule has 2 saturated carbocycles. The summed E-state index contributed by atoms with van der Waals surface area (Å²) in [4.78, 5) is 0. The summed E-state index contributed by atoms with van der Waals surface area (Å²) in [6.07, 6.45) is 18.0. The Bertz CT molecular complexity index is 48.1. The van der Waals surface area contributed by atoms with E-state index in [9.17, 15) is 0 Å². The van der Waals surface area contributed by atoms with Gasteiger partial charge in [-0.05, 0) is 0 Å². The predicted molar refractivity (Wildman–Crippen MR) is 55.4 cm³/mol. The van der Waals surface area contributed by atoms with Crippen LogP contribution in [0, 0.1) is 0 Å². The van der Waals surface area contributed by atoms with Gasteiger partial charge in [-0.25, -0.2) is 0 Å². The molecule has 0 aromatic rings. The minimum absolute atomic E-state index is 0. The molecule has 0 atom stereocenters. The molecule has 0 N–H and O–H groups in total. The summed E-state index contributed by atoms with van der Waals surface area (Å²) in [5.41, 5.74) is 0. The summed E-state index contributed by atoms with van der Waals surface area (Å²) >= 11 is 0. The zero-order chi connectivity index (χ0) is 8.49. The molecule has 0 nitrogen and oxygen atoms in total. The molecule has 0 aromatic heterocycles. The van der Waals surface area contributed by atoms with Crippen LogP contribution in [0.25, 0.3) is 0 Å². The van der Waals surface area contributed by atoms with Gasteiger partial charge in [0.05, 0.1) is 0 Å². The van der Waals surface area contributed by atoms with Crippen molar-refractivity contribution in [1.82, 2.24) is 0 Å². The molecule has 1 heteroatoms. The first kappa shape index (κ1) is 13.7. The van der Waals surface area contributed by atoms with Gasteiger partial charge in [0.15, 0.2) is 0 Å². The normalized spacial score (nSPS) is 22.2. The zero-order valence-corrected chi connectivity index (χ0v) is 10.5. The molecular weight excluding hydrogens is 192 g/mol. The van der Waals surface area contributed by atoms with Gasteiger partial charge in [-0.1, -0.05) is 77.0 Å². The molecule has 0 bridgehead atoms. The summed E-state index contributed by atoms with van der Waals surface area (Å²) < 4.78 is 0. The topological polar surface area (TPSA) is 0 Å². The van der Waals surface area contributed by atoms with Crippen molar-refractivity contribution < 1.29 is 21.7 Å². The van der Waals surface area contributed by atoms with Crippen LogP contribution in [0.3, 0.4) is 0 Å². The van der Waals surface area contributed by atoms with Crippen LogP contribution >= 0.6 is 0 Å². The minimum Gasteiger partial charge on any atom is -0.0533 e. The second kappa shape index (κ2) is 10.8. The third-order valence-electron chi connectivity index (χ3n) is 3.00. The van der Waals surface area contributed by atoms with Crippen LogP contribution in [-0.2, 0) is 21.7 Å². The van der Waals surface area contributed by atoms with E-state index in [1.54, 1.807) is 0 Å². The maximum atomic E-state index is 1.50. The Morgan fingerprint density at radius 2 is 0.308 bits per heavy atom. The fourth-order valence-electron chi connectivity index (χ4n) is 2.12. The van der Waals surface area contributed by atoms with E-state index in [2.05, 4.69) is 0 Å². The molecule has 0 unspecified atom stereocenters. The van der Waals surface area contributed by atoms with E-state index in [0.29, 0.717) is 0 Å². The molecule has 2 aliphatic rings. The van der Waals surface area contributed by atoms with Crippen LogP contribution in [0.4, 0.5) is 0 Å². The van der Waals surface area contributed by atoms with E-state index in [-0.39, 0.29) is 21.7 Å². The largest absolute Gasteiger partial charge is 0.0533 e. The summed E-state index contributed by atoms with van der Waals surface area (Å²) in [6, 6.07) is 0. The van der Waals surface area contributed by atoms with Crippen LogP contribution in [0.1, 0.15) is 77.0 Å².